The number of carbonyl (C=O) groups excluding carboxylic acids is 2. The molecule has 2 aromatic carbocycles. The van der Waals surface area contributed by atoms with Gasteiger partial charge in [0.1, 0.15) is 12.3 Å². The van der Waals surface area contributed by atoms with Crippen LogP contribution in [0.15, 0.2) is 61.1 Å². The maximum atomic E-state index is 12.4. The zero-order valence-corrected chi connectivity index (χ0v) is 19.5. The average molecular weight is 477 g/mol. The first-order valence-electron chi connectivity index (χ1n) is 11.5. The highest BCUT2D eigenvalue weighted by molar-refractivity contribution is 5.91. The summed E-state index contributed by atoms with van der Waals surface area (Å²) in [4.78, 5) is 40.9. The van der Waals surface area contributed by atoms with Crippen LogP contribution in [-0.2, 0) is 16.1 Å². The third-order valence-electron chi connectivity index (χ3n) is 6.07. The van der Waals surface area contributed by atoms with Gasteiger partial charge < -0.3 is 24.6 Å². The van der Waals surface area contributed by atoms with Gasteiger partial charge in [0.05, 0.1) is 6.33 Å². The van der Waals surface area contributed by atoms with E-state index < -0.39 is 12.1 Å². The van der Waals surface area contributed by atoms with Crippen molar-refractivity contribution in [3.63, 3.8) is 0 Å². The van der Waals surface area contributed by atoms with E-state index in [0.717, 1.165) is 11.1 Å². The molecule has 35 heavy (non-hydrogen) atoms. The molecular formula is C26H28N4O5. The Labute approximate surface area is 203 Å². The fraction of sp³-hybridized carbons (Fsp3) is 0.308. The number of alkyl carbamates (subject to hydrolysis) is 1. The molecule has 1 aromatic heterocycles. The molecule has 0 saturated carbocycles. The third kappa shape index (κ3) is 5.68. The van der Waals surface area contributed by atoms with E-state index in [1.54, 1.807) is 17.8 Å². The van der Waals surface area contributed by atoms with Gasteiger partial charge in [-0.2, -0.15) is 0 Å². The van der Waals surface area contributed by atoms with Gasteiger partial charge in [-0.3, -0.25) is 9.59 Å². The SMILES string of the molecule is CN(CCCC(=O)O)C(=O)c1cn(CCNC(=O)OCC2c3ccccc3-c3ccccc32)cn1. The molecule has 0 aliphatic heterocycles. The second kappa shape index (κ2) is 10.9. The Hall–Kier alpha value is -4.14. The Kier molecular flexibility index (Phi) is 7.45. The van der Waals surface area contributed by atoms with Gasteiger partial charge in [0.25, 0.3) is 5.91 Å². The van der Waals surface area contributed by atoms with E-state index in [1.807, 2.05) is 24.3 Å². The van der Waals surface area contributed by atoms with Crippen LogP contribution in [0.1, 0.15) is 40.4 Å². The van der Waals surface area contributed by atoms with Crippen LogP contribution in [0.4, 0.5) is 4.79 Å². The molecular weight excluding hydrogens is 448 g/mol. The number of fused-ring (bicyclic) bond motifs is 3. The van der Waals surface area contributed by atoms with Crippen molar-refractivity contribution in [1.29, 1.82) is 0 Å². The first-order chi connectivity index (χ1) is 16.9. The van der Waals surface area contributed by atoms with E-state index in [4.69, 9.17) is 9.84 Å². The standard InChI is InChI=1S/C26H28N4O5/c1-29(13-6-11-24(31)32)25(33)23-15-30(17-28-23)14-12-27-26(34)35-16-22-20-9-4-2-7-18(20)19-8-3-5-10-21(19)22/h2-5,7-10,15,17,22H,6,11-14,16H2,1H3,(H,27,34)(H,31,32). The predicted molar refractivity (Wildman–Crippen MR) is 129 cm³/mol. The van der Waals surface area contributed by atoms with Crippen LogP contribution in [0.3, 0.4) is 0 Å². The lowest BCUT2D eigenvalue weighted by molar-refractivity contribution is -0.137. The van der Waals surface area contributed by atoms with Crippen molar-refractivity contribution in [2.75, 3.05) is 26.7 Å². The molecule has 182 valence electrons. The summed E-state index contributed by atoms with van der Waals surface area (Å²) in [5.74, 6) is -1.17. The van der Waals surface area contributed by atoms with E-state index in [1.165, 1.54) is 22.4 Å². The van der Waals surface area contributed by atoms with Gasteiger partial charge in [0, 0.05) is 45.2 Å². The van der Waals surface area contributed by atoms with E-state index in [0.29, 0.717) is 26.1 Å². The van der Waals surface area contributed by atoms with Crippen molar-refractivity contribution >= 4 is 18.0 Å². The van der Waals surface area contributed by atoms with Crippen LogP contribution < -0.4 is 5.32 Å². The number of hydrogen-bond donors (Lipinski definition) is 2. The van der Waals surface area contributed by atoms with E-state index >= 15 is 0 Å². The number of rotatable bonds is 10. The molecule has 0 atom stereocenters. The number of nitrogens with one attached hydrogen (secondary N) is 1. The molecule has 9 nitrogen and oxygen atoms in total. The number of nitrogens with zero attached hydrogens (tertiary/aromatic N) is 3. The Bertz CT molecular complexity index is 1180. The summed E-state index contributed by atoms with van der Waals surface area (Å²) in [6, 6.07) is 16.3. The highest BCUT2D eigenvalue weighted by atomic mass is 16.5. The molecule has 4 rings (SSSR count). The summed E-state index contributed by atoms with van der Waals surface area (Å²) < 4.78 is 7.24. The Balaban J connectivity index is 1.23. The van der Waals surface area contributed by atoms with Crippen molar-refractivity contribution < 1.29 is 24.2 Å². The third-order valence-corrected chi connectivity index (χ3v) is 6.07. The van der Waals surface area contributed by atoms with Gasteiger partial charge >= 0.3 is 12.1 Å². The second-order valence-corrected chi connectivity index (χ2v) is 8.47. The van der Waals surface area contributed by atoms with Crippen molar-refractivity contribution in [2.45, 2.75) is 25.3 Å². The molecule has 2 amide bonds. The minimum Gasteiger partial charge on any atom is -0.481 e. The Morgan fingerprint density at radius 2 is 1.74 bits per heavy atom. The molecule has 1 aliphatic rings. The molecule has 1 aliphatic carbocycles. The molecule has 9 heteroatoms. The van der Waals surface area contributed by atoms with E-state index in [9.17, 15) is 14.4 Å². The fourth-order valence-corrected chi connectivity index (χ4v) is 4.29. The highest BCUT2D eigenvalue weighted by Gasteiger charge is 2.28. The lowest BCUT2D eigenvalue weighted by Crippen LogP contribution is -2.29. The largest absolute Gasteiger partial charge is 0.481 e. The first kappa shape index (κ1) is 24.0. The average Bonchev–Trinajstić information content (AvgIpc) is 3.45. The minimum atomic E-state index is -0.890. The van der Waals surface area contributed by atoms with E-state index in [-0.39, 0.29) is 30.5 Å². The first-order valence-corrected chi connectivity index (χ1v) is 11.5. The number of carbonyl (C=O) groups is 3. The number of carboxylic acids is 1. The minimum absolute atomic E-state index is 0.00265. The number of carboxylic acid groups (broad SMARTS) is 1. The van der Waals surface area contributed by atoms with Crippen molar-refractivity contribution in [2.24, 2.45) is 0 Å². The van der Waals surface area contributed by atoms with Gasteiger partial charge in [0.15, 0.2) is 0 Å². The zero-order chi connectivity index (χ0) is 24.8. The molecule has 1 heterocycles. The maximum Gasteiger partial charge on any atom is 0.407 e. The van der Waals surface area contributed by atoms with Crippen LogP contribution >= 0.6 is 0 Å². The number of aliphatic carboxylic acids is 1. The molecule has 0 unspecified atom stereocenters. The summed E-state index contributed by atoms with van der Waals surface area (Å²) >= 11 is 0. The molecule has 0 spiro atoms. The van der Waals surface area contributed by atoms with Crippen molar-refractivity contribution in [3.05, 3.63) is 77.9 Å². The van der Waals surface area contributed by atoms with Crippen molar-refractivity contribution in [3.8, 4) is 11.1 Å². The number of benzene rings is 2. The Morgan fingerprint density at radius 3 is 2.40 bits per heavy atom. The molecule has 3 aromatic rings. The number of ether oxygens (including phenoxy) is 1. The molecule has 0 radical (unpaired) electrons. The zero-order valence-electron chi connectivity index (χ0n) is 19.5. The number of amides is 2. The van der Waals surface area contributed by atoms with Crippen LogP contribution in [0, 0.1) is 0 Å². The highest BCUT2D eigenvalue weighted by Crippen LogP contribution is 2.44. The molecule has 2 N–H and O–H groups in total. The van der Waals surface area contributed by atoms with Crippen molar-refractivity contribution in [1.82, 2.24) is 19.8 Å². The van der Waals surface area contributed by atoms with Gasteiger partial charge in [-0.05, 0) is 28.7 Å². The summed E-state index contributed by atoms with van der Waals surface area (Å²) in [5, 5.41) is 11.5. The van der Waals surface area contributed by atoms with E-state index in [2.05, 4.69) is 34.6 Å². The monoisotopic (exact) mass is 476 g/mol. The summed E-state index contributed by atoms with van der Waals surface area (Å²) in [6.45, 7) is 1.32. The molecule has 0 bridgehead atoms. The molecule has 0 fully saturated rings. The summed E-state index contributed by atoms with van der Waals surface area (Å²) in [7, 11) is 1.61. The summed E-state index contributed by atoms with van der Waals surface area (Å²) in [5.41, 5.74) is 4.93. The summed E-state index contributed by atoms with van der Waals surface area (Å²) in [6.07, 6.45) is 3.02. The van der Waals surface area contributed by atoms with Gasteiger partial charge in [0.2, 0.25) is 0 Å². The smallest absolute Gasteiger partial charge is 0.407 e. The lowest BCUT2D eigenvalue weighted by Gasteiger charge is -2.15. The van der Waals surface area contributed by atoms with Crippen LogP contribution in [-0.4, -0.2) is 64.3 Å². The quantitative estimate of drug-likeness (QED) is 0.464. The number of hydrogen-bond acceptors (Lipinski definition) is 5. The van der Waals surface area contributed by atoms with Gasteiger partial charge in [-0.15, -0.1) is 0 Å². The van der Waals surface area contributed by atoms with Gasteiger partial charge in [-0.25, -0.2) is 9.78 Å². The maximum absolute atomic E-state index is 12.4. The second-order valence-electron chi connectivity index (χ2n) is 8.47. The van der Waals surface area contributed by atoms with Gasteiger partial charge in [-0.1, -0.05) is 48.5 Å². The topological polar surface area (TPSA) is 114 Å². The van der Waals surface area contributed by atoms with Crippen LogP contribution in [0.5, 0.6) is 0 Å². The number of imidazole rings is 1. The normalized spacial score (nSPS) is 12.0. The van der Waals surface area contributed by atoms with Crippen LogP contribution in [0.25, 0.3) is 11.1 Å². The van der Waals surface area contributed by atoms with Crippen LogP contribution in [0.2, 0.25) is 0 Å². The number of aromatic nitrogens is 2. The Morgan fingerprint density at radius 1 is 1.09 bits per heavy atom. The lowest BCUT2D eigenvalue weighted by atomic mass is 9.98. The fourth-order valence-electron chi connectivity index (χ4n) is 4.29. The molecule has 0 saturated heterocycles. The predicted octanol–water partition coefficient (Wildman–Crippen LogP) is 3.36.